The van der Waals surface area contributed by atoms with Crippen molar-refractivity contribution >= 4 is 23.8 Å². The minimum atomic E-state index is -1.82. The molecule has 0 aliphatic heterocycles. The van der Waals surface area contributed by atoms with Crippen molar-refractivity contribution in [2.24, 2.45) is 11.5 Å². The van der Waals surface area contributed by atoms with E-state index >= 15 is 0 Å². The Hall–Kier alpha value is -2.16. The highest BCUT2D eigenvalue weighted by atomic mass is 16.4. The van der Waals surface area contributed by atoms with Gasteiger partial charge in [-0.05, 0) is 6.42 Å². The van der Waals surface area contributed by atoms with E-state index in [9.17, 15) is 9.59 Å². The zero-order valence-corrected chi connectivity index (χ0v) is 8.12. The van der Waals surface area contributed by atoms with E-state index < -0.39 is 29.9 Å². The summed E-state index contributed by atoms with van der Waals surface area (Å²) in [5.74, 6) is -5.29. The topological polar surface area (TPSA) is 181 Å². The third-order valence-corrected chi connectivity index (χ3v) is 1.20. The van der Waals surface area contributed by atoms with Crippen LogP contribution in [0.25, 0.3) is 0 Å². The summed E-state index contributed by atoms with van der Waals surface area (Å²) in [6.07, 6.45) is 0.123. The van der Waals surface area contributed by atoms with Gasteiger partial charge < -0.3 is 26.8 Å². The zero-order valence-electron chi connectivity index (χ0n) is 8.12. The molecule has 0 aliphatic carbocycles. The van der Waals surface area contributed by atoms with Crippen molar-refractivity contribution in [2.75, 3.05) is 0 Å². The molecule has 0 saturated heterocycles. The summed E-state index contributed by atoms with van der Waals surface area (Å²) < 4.78 is 0. The van der Waals surface area contributed by atoms with Gasteiger partial charge in [-0.1, -0.05) is 0 Å². The third kappa shape index (κ3) is 11.8. The Bertz CT molecular complexity index is 276. The molecule has 0 radical (unpaired) electrons. The molecular formula is C7H12N2O7. The van der Waals surface area contributed by atoms with Crippen molar-refractivity contribution in [1.29, 1.82) is 0 Å². The SMILES string of the molecule is NC(=O)CCC(N)C(=O)O.O=C(O)C(=O)O. The van der Waals surface area contributed by atoms with Crippen LogP contribution in [0.5, 0.6) is 0 Å². The predicted molar refractivity (Wildman–Crippen MR) is 49.3 cm³/mol. The minimum absolute atomic E-state index is 0.0213. The maximum absolute atomic E-state index is 10.1. The monoisotopic (exact) mass is 236 g/mol. The molecule has 0 aromatic carbocycles. The van der Waals surface area contributed by atoms with Gasteiger partial charge in [0.15, 0.2) is 0 Å². The summed E-state index contributed by atoms with van der Waals surface area (Å²) >= 11 is 0. The highest BCUT2D eigenvalue weighted by Crippen LogP contribution is 1.92. The van der Waals surface area contributed by atoms with E-state index in [1.807, 2.05) is 0 Å². The lowest BCUT2D eigenvalue weighted by Crippen LogP contribution is -2.31. The van der Waals surface area contributed by atoms with Crippen LogP contribution in [0.3, 0.4) is 0 Å². The van der Waals surface area contributed by atoms with Crippen LogP contribution in [0.4, 0.5) is 0 Å². The van der Waals surface area contributed by atoms with Crippen molar-refractivity contribution in [1.82, 2.24) is 0 Å². The first-order valence-corrected chi connectivity index (χ1v) is 3.91. The molecule has 7 N–H and O–H groups in total. The molecule has 1 atom stereocenters. The molecule has 9 heteroatoms. The third-order valence-electron chi connectivity index (χ3n) is 1.20. The first-order valence-electron chi connectivity index (χ1n) is 3.91. The number of carboxylic acid groups (broad SMARTS) is 3. The molecule has 0 aromatic heterocycles. The second-order valence-corrected chi connectivity index (χ2v) is 2.56. The van der Waals surface area contributed by atoms with Gasteiger partial charge in [0.25, 0.3) is 0 Å². The van der Waals surface area contributed by atoms with Crippen LogP contribution in [0.2, 0.25) is 0 Å². The Morgan fingerprint density at radius 2 is 1.38 bits per heavy atom. The number of carboxylic acids is 3. The minimum Gasteiger partial charge on any atom is -0.480 e. The van der Waals surface area contributed by atoms with Crippen LogP contribution < -0.4 is 11.5 Å². The number of nitrogens with two attached hydrogens (primary N) is 2. The molecule has 0 heterocycles. The molecule has 92 valence electrons. The summed E-state index contributed by atoms with van der Waals surface area (Å²) in [7, 11) is 0. The Morgan fingerprint density at radius 3 is 1.56 bits per heavy atom. The predicted octanol–water partition coefficient (Wildman–Crippen LogP) is -2.18. The van der Waals surface area contributed by atoms with Gasteiger partial charge in [0.05, 0.1) is 0 Å². The van der Waals surface area contributed by atoms with Crippen LogP contribution >= 0.6 is 0 Å². The van der Waals surface area contributed by atoms with E-state index in [0.717, 1.165) is 0 Å². The largest absolute Gasteiger partial charge is 0.480 e. The standard InChI is InChI=1S/C5H10N2O3.C2H2O4/c6-3(5(9)10)1-2-4(7)8;3-1(4)2(5)6/h3H,1-2,6H2,(H2,7,8)(H,9,10);(H,3,4)(H,5,6). The van der Waals surface area contributed by atoms with Gasteiger partial charge in [-0.2, -0.15) is 0 Å². The highest BCUT2D eigenvalue weighted by molar-refractivity contribution is 6.27. The number of primary amides is 1. The van der Waals surface area contributed by atoms with Gasteiger partial charge in [-0.15, -0.1) is 0 Å². The summed E-state index contributed by atoms with van der Waals surface area (Å²) in [5, 5.41) is 23.0. The average molecular weight is 236 g/mol. The number of aliphatic carboxylic acids is 3. The molecule has 9 nitrogen and oxygen atoms in total. The first-order chi connectivity index (χ1) is 7.18. The van der Waals surface area contributed by atoms with E-state index in [0.29, 0.717) is 0 Å². The molecule has 0 bridgehead atoms. The Balaban J connectivity index is 0. The van der Waals surface area contributed by atoms with Crippen LogP contribution in [0, 0.1) is 0 Å². The van der Waals surface area contributed by atoms with E-state index in [1.54, 1.807) is 0 Å². The summed E-state index contributed by atoms with van der Waals surface area (Å²) in [6, 6.07) is -0.979. The number of carbonyl (C=O) groups excluding carboxylic acids is 1. The molecule has 0 saturated carbocycles. The fraction of sp³-hybridized carbons (Fsp3) is 0.429. The van der Waals surface area contributed by atoms with Crippen molar-refractivity contribution < 1.29 is 34.5 Å². The number of hydrogen-bond donors (Lipinski definition) is 5. The Morgan fingerprint density at radius 1 is 1.00 bits per heavy atom. The maximum atomic E-state index is 10.1. The van der Waals surface area contributed by atoms with E-state index in [4.69, 9.17) is 36.4 Å². The van der Waals surface area contributed by atoms with Crippen LogP contribution in [0.1, 0.15) is 12.8 Å². The molecule has 16 heavy (non-hydrogen) atoms. The van der Waals surface area contributed by atoms with Gasteiger partial charge >= 0.3 is 17.9 Å². The fourth-order valence-corrected chi connectivity index (χ4v) is 0.421. The molecule has 0 aromatic rings. The number of carbonyl (C=O) groups is 4. The lowest BCUT2D eigenvalue weighted by atomic mass is 10.2. The summed E-state index contributed by atoms with van der Waals surface area (Å²) in [4.78, 5) is 38.3. The average Bonchev–Trinajstić information content (AvgIpc) is 2.14. The molecule has 0 aliphatic rings. The fourth-order valence-electron chi connectivity index (χ4n) is 0.421. The lowest BCUT2D eigenvalue weighted by molar-refractivity contribution is -0.159. The highest BCUT2D eigenvalue weighted by Gasteiger charge is 2.11. The molecule has 0 rings (SSSR count). The Kier molecular flexibility index (Phi) is 8.31. The summed E-state index contributed by atoms with van der Waals surface area (Å²) in [6.45, 7) is 0. The van der Waals surface area contributed by atoms with Gasteiger partial charge in [0.1, 0.15) is 6.04 Å². The summed E-state index contributed by atoms with van der Waals surface area (Å²) in [5.41, 5.74) is 9.81. The van der Waals surface area contributed by atoms with Crippen molar-refractivity contribution in [3.63, 3.8) is 0 Å². The molecular weight excluding hydrogens is 224 g/mol. The quantitative estimate of drug-likeness (QED) is 0.341. The van der Waals surface area contributed by atoms with Gasteiger partial charge in [-0.25, -0.2) is 9.59 Å². The second-order valence-electron chi connectivity index (χ2n) is 2.56. The van der Waals surface area contributed by atoms with Crippen molar-refractivity contribution in [3.8, 4) is 0 Å². The molecule has 0 fully saturated rings. The van der Waals surface area contributed by atoms with Crippen molar-refractivity contribution in [2.45, 2.75) is 18.9 Å². The van der Waals surface area contributed by atoms with Gasteiger partial charge in [0.2, 0.25) is 5.91 Å². The molecule has 0 spiro atoms. The second kappa shape index (κ2) is 8.17. The lowest BCUT2D eigenvalue weighted by Gasteiger charge is -2.01. The molecule has 1 amide bonds. The first kappa shape index (κ1) is 16.3. The van der Waals surface area contributed by atoms with E-state index in [-0.39, 0.29) is 12.8 Å². The van der Waals surface area contributed by atoms with E-state index in [1.165, 1.54) is 0 Å². The maximum Gasteiger partial charge on any atom is 0.414 e. The Labute approximate surface area is 89.6 Å². The van der Waals surface area contributed by atoms with E-state index in [2.05, 4.69) is 0 Å². The van der Waals surface area contributed by atoms with Crippen LogP contribution in [-0.4, -0.2) is 45.2 Å². The number of hydrogen-bond acceptors (Lipinski definition) is 5. The smallest absolute Gasteiger partial charge is 0.414 e. The van der Waals surface area contributed by atoms with Crippen LogP contribution in [-0.2, 0) is 19.2 Å². The zero-order chi connectivity index (χ0) is 13.3. The van der Waals surface area contributed by atoms with Crippen LogP contribution in [0.15, 0.2) is 0 Å². The molecule has 1 unspecified atom stereocenters. The number of amides is 1. The van der Waals surface area contributed by atoms with Crippen molar-refractivity contribution in [3.05, 3.63) is 0 Å². The van der Waals surface area contributed by atoms with Gasteiger partial charge in [-0.3, -0.25) is 9.59 Å². The normalized spacial score (nSPS) is 10.6. The number of rotatable bonds is 4. The van der Waals surface area contributed by atoms with Gasteiger partial charge in [0, 0.05) is 6.42 Å².